The molecule has 0 spiro atoms. The highest BCUT2D eigenvalue weighted by atomic mass is 19.1. The van der Waals surface area contributed by atoms with Crippen molar-refractivity contribution in [1.29, 1.82) is 0 Å². The number of carbonyl (C=O) groups is 1. The molecule has 1 aliphatic rings. The van der Waals surface area contributed by atoms with Crippen LogP contribution in [-0.4, -0.2) is 29.0 Å². The number of aromatic nitrogens is 2. The van der Waals surface area contributed by atoms with Gasteiger partial charge in [-0.05, 0) is 42.7 Å². The number of halogens is 1. The Hall–Kier alpha value is -3.28. The lowest BCUT2D eigenvalue weighted by Gasteiger charge is -2.32. The molecule has 2 heterocycles. The minimum atomic E-state index is -0.287. The van der Waals surface area contributed by atoms with Crippen molar-refractivity contribution >= 4 is 17.5 Å². The van der Waals surface area contributed by atoms with Crippen LogP contribution in [0.4, 0.5) is 16.0 Å². The third kappa shape index (κ3) is 4.17. The van der Waals surface area contributed by atoms with Gasteiger partial charge in [0.2, 0.25) is 11.9 Å². The van der Waals surface area contributed by atoms with Crippen molar-refractivity contribution in [2.45, 2.75) is 12.8 Å². The van der Waals surface area contributed by atoms with E-state index in [0.29, 0.717) is 12.5 Å². The summed E-state index contributed by atoms with van der Waals surface area (Å²) in [5.41, 5.74) is 2.31. The van der Waals surface area contributed by atoms with Gasteiger partial charge in [0.15, 0.2) is 0 Å². The fourth-order valence-corrected chi connectivity index (χ4v) is 3.44. The Labute approximate surface area is 163 Å². The molecule has 1 aliphatic heterocycles. The average molecular weight is 376 g/mol. The van der Waals surface area contributed by atoms with Crippen LogP contribution in [0.25, 0.3) is 11.1 Å². The lowest BCUT2D eigenvalue weighted by molar-refractivity contribution is -0.120. The van der Waals surface area contributed by atoms with E-state index in [2.05, 4.69) is 15.3 Å². The Bertz CT molecular complexity index is 946. The molecule has 1 unspecified atom stereocenters. The SMILES string of the molecule is O=C(Nc1ccccc1)C1CCCN(c2ncc(-c3cccc(F)c3)cn2)C1. The van der Waals surface area contributed by atoms with Gasteiger partial charge in [0, 0.05) is 36.7 Å². The number of para-hydroxylation sites is 1. The van der Waals surface area contributed by atoms with E-state index in [1.54, 1.807) is 18.5 Å². The number of benzene rings is 2. The highest BCUT2D eigenvalue weighted by Crippen LogP contribution is 2.24. The zero-order chi connectivity index (χ0) is 19.3. The van der Waals surface area contributed by atoms with Crippen molar-refractivity contribution in [2.75, 3.05) is 23.3 Å². The molecule has 5 nitrogen and oxygen atoms in total. The molecule has 2 aromatic carbocycles. The van der Waals surface area contributed by atoms with Crippen LogP contribution in [-0.2, 0) is 4.79 Å². The number of nitrogens with one attached hydrogen (secondary N) is 1. The van der Waals surface area contributed by atoms with Crippen LogP contribution in [0.2, 0.25) is 0 Å². The zero-order valence-corrected chi connectivity index (χ0v) is 15.4. The van der Waals surface area contributed by atoms with Gasteiger partial charge in [0.1, 0.15) is 5.82 Å². The summed E-state index contributed by atoms with van der Waals surface area (Å²) >= 11 is 0. The number of carbonyl (C=O) groups excluding carboxylic acids is 1. The molecule has 28 heavy (non-hydrogen) atoms. The summed E-state index contributed by atoms with van der Waals surface area (Å²) in [5, 5.41) is 2.98. The molecule has 0 saturated carbocycles. The molecule has 142 valence electrons. The molecule has 1 amide bonds. The third-order valence-corrected chi connectivity index (χ3v) is 4.91. The Balaban J connectivity index is 1.43. The summed E-state index contributed by atoms with van der Waals surface area (Å²) in [7, 11) is 0. The monoisotopic (exact) mass is 376 g/mol. The van der Waals surface area contributed by atoms with Crippen LogP contribution in [0.5, 0.6) is 0 Å². The first-order valence-corrected chi connectivity index (χ1v) is 9.38. The molecule has 1 fully saturated rings. The van der Waals surface area contributed by atoms with Crippen molar-refractivity contribution < 1.29 is 9.18 Å². The van der Waals surface area contributed by atoms with Crippen LogP contribution < -0.4 is 10.2 Å². The minimum absolute atomic E-state index is 0.0206. The van der Waals surface area contributed by atoms with Crippen molar-refractivity contribution in [3.63, 3.8) is 0 Å². The Kier molecular flexibility index (Phi) is 5.28. The fourth-order valence-electron chi connectivity index (χ4n) is 3.44. The molecule has 1 saturated heterocycles. The number of piperidine rings is 1. The maximum absolute atomic E-state index is 13.4. The van der Waals surface area contributed by atoms with Gasteiger partial charge in [0.25, 0.3) is 0 Å². The molecule has 0 bridgehead atoms. The second-order valence-corrected chi connectivity index (χ2v) is 6.92. The van der Waals surface area contributed by atoms with Crippen LogP contribution in [0.15, 0.2) is 67.0 Å². The molecule has 4 rings (SSSR count). The van der Waals surface area contributed by atoms with Gasteiger partial charge in [0.05, 0.1) is 5.92 Å². The molecular weight excluding hydrogens is 355 g/mol. The predicted molar refractivity (Wildman–Crippen MR) is 107 cm³/mol. The van der Waals surface area contributed by atoms with Gasteiger partial charge in [-0.3, -0.25) is 4.79 Å². The zero-order valence-electron chi connectivity index (χ0n) is 15.4. The fraction of sp³-hybridized carbons (Fsp3) is 0.227. The number of nitrogens with zero attached hydrogens (tertiary/aromatic N) is 3. The lowest BCUT2D eigenvalue weighted by atomic mass is 9.97. The second kappa shape index (κ2) is 8.17. The first kappa shape index (κ1) is 18.1. The quantitative estimate of drug-likeness (QED) is 0.744. The maximum atomic E-state index is 13.4. The molecule has 1 aromatic heterocycles. The van der Waals surface area contributed by atoms with Crippen molar-refractivity contribution in [3.05, 3.63) is 72.8 Å². The highest BCUT2D eigenvalue weighted by molar-refractivity contribution is 5.93. The van der Waals surface area contributed by atoms with Gasteiger partial charge < -0.3 is 10.2 Å². The molecule has 1 N–H and O–H groups in total. The molecular formula is C22H21FN4O. The van der Waals surface area contributed by atoms with E-state index in [4.69, 9.17) is 0 Å². The first-order valence-electron chi connectivity index (χ1n) is 9.38. The molecule has 6 heteroatoms. The van der Waals surface area contributed by atoms with Gasteiger partial charge in [-0.1, -0.05) is 30.3 Å². The van der Waals surface area contributed by atoms with Crippen LogP contribution >= 0.6 is 0 Å². The molecule has 1 atom stereocenters. The van der Waals surface area contributed by atoms with Gasteiger partial charge in [-0.15, -0.1) is 0 Å². The summed E-state index contributed by atoms with van der Waals surface area (Å²) in [6.45, 7) is 1.40. The largest absolute Gasteiger partial charge is 0.340 e. The van der Waals surface area contributed by atoms with E-state index in [0.717, 1.165) is 36.2 Å². The number of anilines is 2. The number of hydrogen-bond acceptors (Lipinski definition) is 4. The Morgan fingerprint density at radius 3 is 2.57 bits per heavy atom. The number of amides is 1. The minimum Gasteiger partial charge on any atom is -0.340 e. The topological polar surface area (TPSA) is 58.1 Å². The van der Waals surface area contributed by atoms with Crippen molar-refractivity contribution in [2.24, 2.45) is 5.92 Å². The Morgan fingerprint density at radius 1 is 1.04 bits per heavy atom. The van der Waals surface area contributed by atoms with E-state index in [1.807, 2.05) is 41.3 Å². The standard InChI is InChI=1S/C22H21FN4O/c23-19-8-4-6-16(12-19)18-13-24-22(25-14-18)27-11-5-7-17(15-27)21(28)26-20-9-2-1-3-10-20/h1-4,6,8-10,12-14,17H,5,7,11,15H2,(H,26,28). The van der Waals surface area contributed by atoms with E-state index in [1.165, 1.54) is 12.1 Å². The summed E-state index contributed by atoms with van der Waals surface area (Å²) in [6.07, 6.45) is 5.15. The summed E-state index contributed by atoms with van der Waals surface area (Å²) in [6, 6.07) is 15.8. The maximum Gasteiger partial charge on any atom is 0.229 e. The van der Waals surface area contributed by atoms with Crippen LogP contribution in [0.1, 0.15) is 12.8 Å². The highest BCUT2D eigenvalue weighted by Gasteiger charge is 2.27. The normalized spacial score (nSPS) is 16.6. The smallest absolute Gasteiger partial charge is 0.229 e. The average Bonchev–Trinajstić information content (AvgIpc) is 2.75. The Morgan fingerprint density at radius 2 is 1.82 bits per heavy atom. The van der Waals surface area contributed by atoms with E-state index in [-0.39, 0.29) is 17.6 Å². The number of rotatable bonds is 4. The van der Waals surface area contributed by atoms with E-state index >= 15 is 0 Å². The molecule has 3 aromatic rings. The number of hydrogen-bond donors (Lipinski definition) is 1. The van der Waals surface area contributed by atoms with Crippen molar-refractivity contribution in [3.8, 4) is 11.1 Å². The van der Waals surface area contributed by atoms with E-state index in [9.17, 15) is 9.18 Å². The predicted octanol–water partition coefficient (Wildman–Crippen LogP) is 4.14. The van der Waals surface area contributed by atoms with E-state index < -0.39 is 0 Å². The molecule has 0 radical (unpaired) electrons. The summed E-state index contributed by atoms with van der Waals surface area (Å²) in [4.78, 5) is 23.5. The lowest BCUT2D eigenvalue weighted by Crippen LogP contribution is -2.41. The summed E-state index contributed by atoms with van der Waals surface area (Å²) < 4.78 is 13.4. The van der Waals surface area contributed by atoms with Gasteiger partial charge >= 0.3 is 0 Å². The van der Waals surface area contributed by atoms with Gasteiger partial charge in [-0.25, -0.2) is 14.4 Å². The van der Waals surface area contributed by atoms with Gasteiger partial charge in [-0.2, -0.15) is 0 Å². The van der Waals surface area contributed by atoms with Crippen LogP contribution in [0.3, 0.4) is 0 Å². The molecule has 0 aliphatic carbocycles. The third-order valence-electron chi connectivity index (χ3n) is 4.91. The first-order chi connectivity index (χ1) is 13.7. The van der Waals surface area contributed by atoms with Crippen LogP contribution in [0, 0.1) is 11.7 Å². The second-order valence-electron chi connectivity index (χ2n) is 6.92. The van der Waals surface area contributed by atoms with Crippen molar-refractivity contribution in [1.82, 2.24) is 9.97 Å². The summed E-state index contributed by atoms with van der Waals surface area (Å²) in [5.74, 6) is 0.218.